The molecular weight excluding hydrogens is 408 g/mol. The predicted molar refractivity (Wildman–Crippen MR) is 133 cm³/mol. The van der Waals surface area contributed by atoms with Crippen molar-refractivity contribution in [2.24, 2.45) is 4.99 Å². The average molecular weight is 437 g/mol. The van der Waals surface area contributed by atoms with Gasteiger partial charge in [0.2, 0.25) is 5.90 Å². The van der Waals surface area contributed by atoms with Gasteiger partial charge < -0.3 is 9.64 Å². The number of benzene rings is 3. The van der Waals surface area contributed by atoms with Gasteiger partial charge >= 0.3 is 5.97 Å². The second kappa shape index (κ2) is 8.36. The summed E-state index contributed by atoms with van der Waals surface area (Å²) in [5, 5.41) is 0. The van der Waals surface area contributed by atoms with Crippen molar-refractivity contribution in [3.8, 4) is 0 Å². The van der Waals surface area contributed by atoms with Crippen molar-refractivity contribution in [2.75, 3.05) is 4.90 Å². The Balaban J connectivity index is 1.48. The molecule has 1 unspecified atom stereocenters. The molecule has 0 aromatic heterocycles. The molecule has 0 fully saturated rings. The van der Waals surface area contributed by atoms with Crippen LogP contribution in [0.5, 0.6) is 0 Å². The first-order valence-corrected chi connectivity index (χ1v) is 11.4. The number of rotatable bonds is 4. The van der Waals surface area contributed by atoms with Gasteiger partial charge in [0.15, 0.2) is 5.70 Å². The lowest BCUT2D eigenvalue weighted by molar-refractivity contribution is -0.129. The number of carbonyl (C=O) groups is 1. The molecule has 4 heteroatoms. The van der Waals surface area contributed by atoms with Crippen molar-refractivity contribution in [1.82, 2.24) is 0 Å². The molecule has 0 saturated carbocycles. The summed E-state index contributed by atoms with van der Waals surface area (Å²) >= 11 is 0. The van der Waals surface area contributed by atoms with Crippen molar-refractivity contribution < 1.29 is 9.53 Å². The molecule has 0 saturated heterocycles. The molecule has 0 N–H and O–H groups in total. The van der Waals surface area contributed by atoms with Crippen LogP contribution in [0.4, 0.5) is 5.69 Å². The smallest absolute Gasteiger partial charge is 0.363 e. The summed E-state index contributed by atoms with van der Waals surface area (Å²) in [5.41, 5.74) is 6.00. The van der Waals surface area contributed by atoms with E-state index in [1.54, 1.807) is 0 Å². The molecule has 2 heterocycles. The average Bonchev–Trinajstić information content (AvgIpc) is 3.18. The second-order valence-electron chi connectivity index (χ2n) is 9.51. The van der Waals surface area contributed by atoms with E-state index in [1.165, 1.54) is 16.8 Å². The van der Waals surface area contributed by atoms with Gasteiger partial charge in [0.25, 0.3) is 0 Å². The fourth-order valence-electron chi connectivity index (χ4n) is 4.94. The summed E-state index contributed by atoms with van der Waals surface area (Å²) in [4.78, 5) is 19.4. The van der Waals surface area contributed by atoms with Gasteiger partial charge in [-0.15, -0.1) is 0 Å². The first-order chi connectivity index (χ1) is 15.9. The quantitative estimate of drug-likeness (QED) is 0.355. The Kier molecular flexibility index (Phi) is 5.37. The highest BCUT2D eigenvalue weighted by Crippen LogP contribution is 2.44. The molecule has 166 valence electrons. The monoisotopic (exact) mass is 436 g/mol. The maximum atomic E-state index is 12.4. The summed E-state index contributed by atoms with van der Waals surface area (Å²) < 4.78 is 5.41. The predicted octanol–water partition coefficient (Wildman–Crippen LogP) is 6.32. The summed E-state index contributed by atoms with van der Waals surface area (Å²) in [5.74, 6) is 0.361. The van der Waals surface area contributed by atoms with E-state index < -0.39 is 5.97 Å². The van der Waals surface area contributed by atoms with Crippen LogP contribution in [0.1, 0.15) is 55.4 Å². The van der Waals surface area contributed by atoms with E-state index in [2.05, 4.69) is 79.2 Å². The van der Waals surface area contributed by atoms with Crippen molar-refractivity contribution in [3.05, 3.63) is 107 Å². The van der Waals surface area contributed by atoms with Crippen molar-refractivity contribution >= 4 is 23.6 Å². The van der Waals surface area contributed by atoms with E-state index >= 15 is 0 Å². The number of esters is 1. The Morgan fingerprint density at radius 3 is 2.45 bits per heavy atom. The number of hydrogen-bond donors (Lipinski definition) is 0. The van der Waals surface area contributed by atoms with Gasteiger partial charge in [-0.2, -0.15) is 0 Å². The highest BCUT2D eigenvalue weighted by atomic mass is 16.6. The molecule has 33 heavy (non-hydrogen) atoms. The number of cyclic esters (lactones) is 1. The van der Waals surface area contributed by atoms with Crippen LogP contribution in [0.3, 0.4) is 0 Å². The molecule has 0 bridgehead atoms. The normalized spacial score (nSPS) is 20.4. The number of carbonyl (C=O) groups excluding carboxylic acids is 1. The Bertz CT molecular complexity index is 1240. The molecule has 0 spiro atoms. The van der Waals surface area contributed by atoms with Gasteiger partial charge in [0.1, 0.15) is 0 Å². The maximum absolute atomic E-state index is 12.4. The zero-order valence-electron chi connectivity index (χ0n) is 19.3. The molecule has 0 radical (unpaired) electrons. The number of anilines is 1. The zero-order chi connectivity index (χ0) is 23.0. The minimum absolute atomic E-state index is 0.0480. The van der Waals surface area contributed by atoms with Crippen molar-refractivity contribution in [1.29, 1.82) is 0 Å². The van der Waals surface area contributed by atoms with Gasteiger partial charge in [0, 0.05) is 23.3 Å². The summed E-state index contributed by atoms with van der Waals surface area (Å²) in [7, 11) is 0. The first-order valence-electron chi connectivity index (χ1n) is 11.4. The molecule has 1 atom stereocenters. The van der Waals surface area contributed by atoms with Gasteiger partial charge in [-0.05, 0) is 73.2 Å². The molecule has 2 aliphatic rings. The lowest BCUT2D eigenvalue weighted by Gasteiger charge is -2.47. The van der Waals surface area contributed by atoms with E-state index in [-0.39, 0.29) is 5.54 Å². The topological polar surface area (TPSA) is 41.9 Å². The van der Waals surface area contributed by atoms with Crippen LogP contribution in [-0.4, -0.2) is 17.4 Å². The van der Waals surface area contributed by atoms with Crippen LogP contribution in [-0.2, 0) is 16.1 Å². The second-order valence-corrected chi connectivity index (χ2v) is 9.51. The van der Waals surface area contributed by atoms with E-state index in [4.69, 9.17) is 4.74 Å². The van der Waals surface area contributed by atoms with E-state index in [9.17, 15) is 4.79 Å². The highest BCUT2D eigenvalue weighted by Gasteiger charge is 2.36. The maximum Gasteiger partial charge on any atom is 0.363 e. The van der Waals surface area contributed by atoms with Crippen LogP contribution in [0.15, 0.2) is 89.6 Å². The minimum atomic E-state index is -0.411. The minimum Gasteiger partial charge on any atom is -0.402 e. The Hall–Kier alpha value is -3.66. The molecule has 0 aliphatic carbocycles. The number of aliphatic imine (C=N–C) groups is 1. The summed E-state index contributed by atoms with van der Waals surface area (Å²) in [6, 6.07) is 26.6. The molecule has 5 rings (SSSR count). The third-order valence-corrected chi connectivity index (χ3v) is 6.54. The Morgan fingerprint density at radius 1 is 1.03 bits per heavy atom. The van der Waals surface area contributed by atoms with E-state index in [0.717, 1.165) is 24.1 Å². The number of nitrogens with zero attached hydrogens (tertiary/aromatic N) is 2. The van der Waals surface area contributed by atoms with Gasteiger partial charge in [-0.1, -0.05) is 61.5 Å². The molecular formula is C29H28N2O2. The van der Waals surface area contributed by atoms with Crippen LogP contribution < -0.4 is 4.90 Å². The standard InChI is InChI=1S/C29H28N2O2/c1-20-18-29(2,3)31(19-21-10-6-4-7-11-21)26-15-14-22(16-24(20)26)17-25-28(32)33-27(30-25)23-12-8-5-9-13-23/h4-17,20H,18-19H2,1-3H3. The fourth-order valence-corrected chi connectivity index (χ4v) is 4.94. The van der Waals surface area contributed by atoms with Gasteiger partial charge in [-0.3, -0.25) is 0 Å². The Morgan fingerprint density at radius 2 is 1.73 bits per heavy atom. The SMILES string of the molecule is CC1CC(C)(C)N(Cc2ccccc2)c2ccc(C=C3N=C(c4ccccc4)OC3=O)cc21. The highest BCUT2D eigenvalue weighted by molar-refractivity contribution is 6.12. The third kappa shape index (κ3) is 4.21. The lowest BCUT2D eigenvalue weighted by Crippen LogP contribution is -2.47. The molecule has 2 aliphatic heterocycles. The number of fused-ring (bicyclic) bond motifs is 1. The summed E-state index contributed by atoms with van der Waals surface area (Å²) in [6.45, 7) is 7.79. The van der Waals surface area contributed by atoms with E-state index in [0.29, 0.717) is 17.5 Å². The third-order valence-electron chi connectivity index (χ3n) is 6.54. The molecule has 0 amide bonds. The fraction of sp³-hybridized carbons (Fsp3) is 0.241. The van der Waals surface area contributed by atoms with Crippen LogP contribution in [0, 0.1) is 0 Å². The van der Waals surface area contributed by atoms with Crippen LogP contribution in [0.25, 0.3) is 6.08 Å². The largest absolute Gasteiger partial charge is 0.402 e. The van der Waals surface area contributed by atoms with E-state index in [1.807, 2.05) is 36.4 Å². The van der Waals surface area contributed by atoms with Crippen molar-refractivity contribution in [3.63, 3.8) is 0 Å². The molecule has 3 aromatic rings. The van der Waals surface area contributed by atoms with Gasteiger partial charge in [0.05, 0.1) is 0 Å². The van der Waals surface area contributed by atoms with Gasteiger partial charge in [-0.25, -0.2) is 9.79 Å². The van der Waals surface area contributed by atoms with Crippen LogP contribution >= 0.6 is 0 Å². The Labute approximate surface area is 195 Å². The first kappa shape index (κ1) is 21.2. The van der Waals surface area contributed by atoms with Crippen LogP contribution in [0.2, 0.25) is 0 Å². The lowest BCUT2D eigenvalue weighted by atomic mass is 9.79. The van der Waals surface area contributed by atoms with Crippen molar-refractivity contribution in [2.45, 2.75) is 45.2 Å². The number of hydrogen-bond acceptors (Lipinski definition) is 4. The zero-order valence-corrected chi connectivity index (χ0v) is 19.3. The summed E-state index contributed by atoms with van der Waals surface area (Å²) in [6.07, 6.45) is 2.89. The number of ether oxygens (including phenoxy) is 1. The molecule has 3 aromatic carbocycles. The molecule has 4 nitrogen and oxygen atoms in total.